The van der Waals surface area contributed by atoms with Crippen molar-refractivity contribution in [3.05, 3.63) is 18.2 Å². The van der Waals surface area contributed by atoms with Crippen LogP contribution in [-0.4, -0.2) is 27.7 Å². The summed E-state index contributed by atoms with van der Waals surface area (Å²) in [5.41, 5.74) is 8.13. The molecular formula is C16H23N3OS. The van der Waals surface area contributed by atoms with E-state index < -0.39 is 0 Å². The SMILES string of the molecule is COc1cccc2c1nc(N)n2CC1(SC)CCCCC1. The van der Waals surface area contributed by atoms with Gasteiger partial charge in [0.1, 0.15) is 11.3 Å². The van der Waals surface area contributed by atoms with E-state index in [9.17, 15) is 0 Å². The fraction of sp³-hybridized carbons (Fsp3) is 0.562. The van der Waals surface area contributed by atoms with Crippen molar-refractivity contribution in [2.75, 3.05) is 19.1 Å². The summed E-state index contributed by atoms with van der Waals surface area (Å²) in [5.74, 6) is 1.38. The number of anilines is 1. The Morgan fingerprint density at radius 1 is 1.33 bits per heavy atom. The standard InChI is InChI=1S/C16H23N3OS/c1-20-13-8-6-7-12-14(13)18-15(17)19(12)11-16(21-2)9-4-3-5-10-16/h6-8H,3-5,9-11H2,1-2H3,(H2,17,18). The highest BCUT2D eigenvalue weighted by Gasteiger charge is 2.32. The molecule has 0 saturated heterocycles. The molecule has 0 amide bonds. The number of fused-ring (bicyclic) bond motifs is 1. The Kier molecular flexibility index (Phi) is 4.02. The van der Waals surface area contributed by atoms with Crippen LogP contribution in [0.1, 0.15) is 32.1 Å². The summed E-state index contributed by atoms with van der Waals surface area (Å²) in [7, 11) is 1.68. The first-order chi connectivity index (χ1) is 10.2. The second-order valence-electron chi connectivity index (χ2n) is 5.83. The Balaban J connectivity index is 2.02. The van der Waals surface area contributed by atoms with E-state index in [1.54, 1.807) is 7.11 Å². The number of hydrogen-bond donors (Lipinski definition) is 1. The summed E-state index contributed by atoms with van der Waals surface area (Å²) in [6.07, 6.45) is 8.74. The molecule has 0 unspecified atom stereocenters. The lowest BCUT2D eigenvalue weighted by atomic mass is 9.88. The van der Waals surface area contributed by atoms with Gasteiger partial charge in [-0.25, -0.2) is 4.98 Å². The fourth-order valence-electron chi connectivity index (χ4n) is 3.38. The van der Waals surface area contributed by atoms with Gasteiger partial charge in [0.05, 0.1) is 12.6 Å². The molecule has 0 spiro atoms. The van der Waals surface area contributed by atoms with Gasteiger partial charge in [-0.05, 0) is 31.2 Å². The third-order valence-electron chi connectivity index (χ3n) is 4.64. The number of imidazole rings is 1. The van der Waals surface area contributed by atoms with Crippen molar-refractivity contribution in [1.29, 1.82) is 0 Å². The topological polar surface area (TPSA) is 53.1 Å². The Morgan fingerprint density at radius 3 is 2.76 bits per heavy atom. The minimum absolute atomic E-state index is 0.295. The quantitative estimate of drug-likeness (QED) is 0.936. The molecule has 114 valence electrons. The van der Waals surface area contributed by atoms with Crippen LogP contribution in [-0.2, 0) is 6.54 Å². The van der Waals surface area contributed by atoms with E-state index >= 15 is 0 Å². The summed E-state index contributed by atoms with van der Waals surface area (Å²) < 4.78 is 7.86. The van der Waals surface area contributed by atoms with Gasteiger partial charge < -0.3 is 15.0 Å². The molecule has 1 aromatic carbocycles. The maximum atomic E-state index is 6.19. The maximum Gasteiger partial charge on any atom is 0.201 e. The normalized spacial score (nSPS) is 18.0. The van der Waals surface area contributed by atoms with Gasteiger partial charge in [-0.3, -0.25) is 0 Å². The first kappa shape index (κ1) is 14.6. The summed E-state index contributed by atoms with van der Waals surface area (Å²) in [4.78, 5) is 4.52. The maximum absolute atomic E-state index is 6.19. The lowest BCUT2D eigenvalue weighted by Crippen LogP contribution is -2.33. The van der Waals surface area contributed by atoms with E-state index in [0.717, 1.165) is 23.3 Å². The molecule has 1 saturated carbocycles. The van der Waals surface area contributed by atoms with Crippen LogP contribution < -0.4 is 10.5 Å². The minimum atomic E-state index is 0.295. The highest BCUT2D eigenvalue weighted by atomic mass is 32.2. The second-order valence-corrected chi connectivity index (χ2v) is 7.11. The van der Waals surface area contributed by atoms with Crippen molar-refractivity contribution >= 4 is 28.7 Å². The van der Waals surface area contributed by atoms with Gasteiger partial charge >= 0.3 is 0 Å². The Bertz CT molecular complexity index is 632. The molecule has 1 fully saturated rings. The first-order valence-corrected chi connectivity index (χ1v) is 8.75. The molecule has 5 heteroatoms. The molecule has 1 aromatic heterocycles. The zero-order valence-corrected chi connectivity index (χ0v) is 13.6. The molecule has 1 aliphatic rings. The number of para-hydroxylation sites is 1. The van der Waals surface area contributed by atoms with Crippen LogP contribution in [0, 0.1) is 0 Å². The van der Waals surface area contributed by atoms with E-state index in [0.29, 0.717) is 10.7 Å². The highest BCUT2D eigenvalue weighted by molar-refractivity contribution is 8.00. The minimum Gasteiger partial charge on any atom is -0.494 e. The Morgan fingerprint density at radius 2 is 2.10 bits per heavy atom. The first-order valence-electron chi connectivity index (χ1n) is 7.53. The summed E-state index contributed by atoms with van der Waals surface area (Å²) in [6.45, 7) is 0.934. The van der Waals surface area contributed by atoms with Crippen LogP contribution in [0.25, 0.3) is 11.0 Å². The zero-order valence-electron chi connectivity index (χ0n) is 12.8. The molecule has 21 heavy (non-hydrogen) atoms. The number of thioether (sulfide) groups is 1. The van der Waals surface area contributed by atoms with Gasteiger partial charge in [0.25, 0.3) is 0 Å². The smallest absolute Gasteiger partial charge is 0.201 e. The van der Waals surface area contributed by atoms with Crippen molar-refractivity contribution in [2.24, 2.45) is 0 Å². The molecule has 3 rings (SSSR count). The largest absolute Gasteiger partial charge is 0.494 e. The number of benzene rings is 1. The summed E-state index contributed by atoms with van der Waals surface area (Å²) in [5, 5.41) is 0. The molecule has 1 heterocycles. The Hall–Kier alpha value is -1.36. The summed E-state index contributed by atoms with van der Waals surface area (Å²) in [6, 6.07) is 6.02. The van der Waals surface area contributed by atoms with E-state index in [1.807, 2.05) is 23.9 Å². The second kappa shape index (κ2) is 5.79. The molecule has 0 aliphatic heterocycles. The van der Waals surface area contributed by atoms with E-state index in [-0.39, 0.29) is 0 Å². The Labute approximate surface area is 130 Å². The van der Waals surface area contributed by atoms with E-state index in [4.69, 9.17) is 10.5 Å². The average Bonchev–Trinajstić information content (AvgIpc) is 2.84. The van der Waals surface area contributed by atoms with Crippen molar-refractivity contribution in [2.45, 2.75) is 43.4 Å². The number of nitrogen functional groups attached to an aromatic ring is 1. The highest BCUT2D eigenvalue weighted by Crippen LogP contribution is 2.41. The van der Waals surface area contributed by atoms with Crippen LogP contribution in [0.2, 0.25) is 0 Å². The molecule has 0 bridgehead atoms. The van der Waals surface area contributed by atoms with Crippen LogP contribution in [0.15, 0.2) is 18.2 Å². The summed E-state index contributed by atoms with van der Waals surface area (Å²) >= 11 is 1.98. The lowest BCUT2D eigenvalue weighted by Gasteiger charge is -2.36. The van der Waals surface area contributed by atoms with Gasteiger partial charge in [-0.1, -0.05) is 25.3 Å². The molecule has 2 aromatic rings. The number of nitrogens with two attached hydrogens (primary N) is 1. The number of aromatic nitrogens is 2. The van der Waals surface area contributed by atoms with Gasteiger partial charge in [0.2, 0.25) is 5.95 Å². The third kappa shape index (κ3) is 2.59. The number of ether oxygens (including phenoxy) is 1. The molecule has 2 N–H and O–H groups in total. The monoisotopic (exact) mass is 305 g/mol. The number of rotatable bonds is 4. The molecule has 0 atom stereocenters. The van der Waals surface area contributed by atoms with Crippen molar-refractivity contribution in [3.63, 3.8) is 0 Å². The van der Waals surface area contributed by atoms with Gasteiger partial charge in [0, 0.05) is 11.3 Å². The lowest BCUT2D eigenvalue weighted by molar-refractivity contribution is 0.363. The van der Waals surface area contributed by atoms with Gasteiger partial charge in [-0.15, -0.1) is 0 Å². The molecule has 4 nitrogen and oxygen atoms in total. The van der Waals surface area contributed by atoms with Crippen molar-refractivity contribution in [3.8, 4) is 5.75 Å². The average molecular weight is 305 g/mol. The van der Waals surface area contributed by atoms with Crippen LogP contribution in [0.3, 0.4) is 0 Å². The third-order valence-corrected chi connectivity index (χ3v) is 6.04. The predicted molar refractivity (Wildman–Crippen MR) is 90.0 cm³/mol. The number of nitrogens with zero attached hydrogens (tertiary/aromatic N) is 2. The zero-order chi connectivity index (χ0) is 14.9. The predicted octanol–water partition coefficient (Wildman–Crippen LogP) is 3.69. The van der Waals surface area contributed by atoms with E-state index in [2.05, 4.69) is 21.9 Å². The van der Waals surface area contributed by atoms with Crippen LogP contribution in [0.5, 0.6) is 5.75 Å². The van der Waals surface area contributed by atoms with Crippen LogP contribution in [0.4, 0.5) is 5.95 Å². The molecule has 0 radical (unpaired) electrons. The van der Waals surface area contributed by atoms with Crippen molar-refractivity contribution in [1.82, 2.24) is 9.55 Å². The van der Waals surface area contributed by atoms with Crippen LogP contribution >= 0.6 is 11.8 Å². The van der Waals surface area contributed by atoms with E-state index in [1.165, 1.54) is 32.1 Å². The van der Waals surface area contributed by atoms with Gasteiger partial charge in [0.15, 0.2) is 0 Å². The number of hydrogen-bond acceptors (Lipinski definition) is 4. The molecular weight excluding hydrogens is 282 g/mol. The van der Waals surface area contributed by atoms with Gasteiger partial charge in [-0.2, -0.15) is 11.8 Å². The fourth-order valence-corrected chi connectivity index (χ4v) is 4.34. The number of methoxy groups -OCH3 is 1. The van der Waals surface area contributed by atoms with Crippen molar-refractivity contribution < 1.29 is 4.74 Å². The molecule has 1 aliphatic carbocycles.